The van der Waals surface area contributed by atoms with Crippen LogP contribution in [0.15, 0.2) is 4.99 Å². The minimum Gasteiger partial charge on any atom is -0.341 e. The number of rotatable bonds is 2. The quantitative estimate of drug-likeness (QED) is 0.713. The Labute approximate surface area is 90.5 Å². The van der Waals surface area contributed by atoms with Crippen LogP contribution in [0.5, 0.6) is 0 Å². The predicted octanol–water partition coefficient (Wildman–Crippen LogP) is 1.03. The number of hydrogen-bond acceptors (Lipinski definition) is 2. The maximum Gasteiger partial charge on any atom is 0.252 e. The molecule has 1 saturated carbocycles. The van der Waals surface area contributed by atoms with E-state index in [0.717, 1.165) is 25.7 Å². The first kappa shape index (κ1) is 10.5. The first-order valence-corrected chi connectivity index (χ1v) is 5.87. The van der Waals surface area contributed by atoms with Crippen LogP contribution in [-0.4, -0.2) is 24.0 Å². The van der Waals surface area contributed by atoms with E-state index in [-0.39, 0.29) is 11.4 Å². The maximum absolute atomic E-state index is 12.0. The topological polar surface area (TPSA) is 53.5 Å². The molecule has 15 heavy (non-hydrogen) atoms. The van der Waals surface area contributed by atoms with Crippen molar-refractivity contribution in [3.8, 4) is 0 Å². The molecule has 0 aromatic rings. The fraction of sp³-hybridized carbons (Fsp3) is 0.818. The molecule has 0 aromatic carbocycles. The van der Waals surface area contributed by atoms with Gasteiger partial charge in [0, 0.05) is 6.54 Å². The van der Waals surface area contributed by atoms with Crippen LogP contribution < -0.4 is 10.6 Å². The van der Waals surface area contributed by atoms with Crippen molar-refractivity contribution >= 4 is 11.9 Å². The summed E-state index contributed by atoms with van der Waals surface area (Å²) in [7, 11) is 0. The van der Waals surface area contributed by atoms with Crippen LogP contribution in [0, 0.1) is 5.92 Å². The standard InChI is InChI=1S/C11H19N3O/c1-3-8-6-5-7-11(8)9(15)13-10(14-11)12-4-2/h8H,3-7H2,1-2H3,(H2,12,13,14,15). The number of carbonyl (C=O) groups excluding carboxylic acids is 1. The average molecular weight is 209 g/mol. The lowest BCUT2D eigenvalue weighted by Gasteiger charge is -2.27. The fourth-order valence-corrected chi connectivity index (χ4v) is 2.85. The minimum absolute atomic E-state index is 0.124. The predicted molar refractivity (Wildman–Crippen MR) is 59.6 cm³/mol. The zero-order chi connectivity index (χ0) is 10.9. The van der Waals surface area contributed by atoms with Crippen LogP contribution in [0.4, 0.5) is 0 Å². The molecule has 4 nitrogen and oxygen atoms in total. The molecule has 2 N–H and O–H groups in total. The van der Waals surface area contributed by atoms with E-state index >= 15 is 0 Å². The Morgan fingerprint density at radius 1 is 1.53 bits per heavy atom. The van der Waals surface area contributed by atoms with Gasteiger partial charge in [0.05, 0.1) is 0 Å². The van der Waals surface area contributed by atoms with Crippen molar-refractivity contribution in [3.05, 3.63) is 0 Å². The molecule has 0 aromatic heterocycles. The highest BCUT2D eigenvalue weighted by molar-refractivity contribution is 6.09. The fourth-order valence-electron chi connectivity index (χ4n) is 2.85. The summed E-state index contributed by atoms with van der Waals surface area (Å²) in [5.41, 5.74) is -0.344. The van der Waals surface area contributed by atoms with Crippen molar-refractivity contribution in [3.63, 3.8) is 0 Å². The van der Waals surface area contributed by atoms with E-state index in [1.54, 1.807) is 0 Å². The zero-order valence-electron chi connectivity index (χ0n) is 9.47. The van der Waals surface area contributed by atoms with Gasteiger partial charge in [0.25, 0.3) is 5.91 Å². The molecular weight excluding hydrogens is 190 g/mol. The monoisotopic (exact) mass is 209 g/mol. The summed E-state index contributed by atoms with van der Waals surface area (Å²) in [4.78, 5) is 16.2. The molecule has 1 aliphatic heterocycles. The van der Waals surface area contributed by atoms with Gasteiger partial charge in [-0.3, -0.25) is 15.1 Å². The molecule has 1 amide bonds. The third-order valence-corrected chi connectivity index (χ3v) is 3.61. The highest BCUT2D eigenvalue weighted by Gasteiger charge is 2.52. The summed E-state index contributed by atoms with van der Waals surface area (Å²) in [6.07, 6.45) is 4.29. The highest BCUT2D eigenvalue weighted by Crippen LogP contribution is 2.39. The van der Waals surface area contributed by atoms with Crippen LogP contribution >= 0.6 is 0 Å². The molecule has 1 saturated heterocycles. The summed E-state index contributed by atoms with van der Waals surface area (Å²) in [6, 6.07) is 0. The average Bonchev–Trinajstić information content (AvgIpc) is 2.74. The molecule has 84 valence electrons. The number of amides is 1. The van der Waals surface area contributed by atoms with E-state index in [9.17, 15) is 4.79 Å². The lowest BCUT2D eigenvalue weighted by Crippen LogP contribution is -2.49. The van der Waals surface area contributed by atoms with Crippen molar-refractivity contribution in [1.82, 2.24) is 10.6 Å². The van der Waals surface area contributed by atoms with Crippen LogP contribution in [-0.2, 0) is 4.79 Å². The summed E-state index contributed by atoms with van der Waals surface area (Å²) in [5.74, 6) is 1.25. The van der Waals surface area contributed by atoms with E-state index in [2.05, 4.69) is 22.5 Å². The summed E-state index contributed by atoms with van der Waals surface area (Å²) >= 11 is 0. The number of guanidine groups is 1. The van der Waals surface area contributed by atoms with Crippen molar-refractivity contribution in [2.24, 2.45) is 10.9 Å². The first-order valence-electron chi connectivity index (χ1n) is 5.87. The second-order valence-corrected chi connectivity index (χ2v) is 4.37. The Kier molecular flexibility index (Phi) is 2.67. The van der Waals surface area contributed by atoms with Gasteiger partial charge in [0.1, 0.15) is 5.54 Å². The van der Waals surface area contributed by atoms with Gasteiger partial charge in [0.15, 0.2) is 5.96 Å². The van der Waals surface area contributed by atoms with E-state index in [4.69, 9.17) is 0 Å². The molecular formula is C11H19N3O. The SMILES string of the molecule is CCN=C1NC(=O)C2(CCCC2CC)N1. The van der Waals surface area contributed by atoms with Crippen molar-refractivity contribution in [1.29, 1.82) is 0 Å². The van der Waals surface area contributed by atoms with E-state index < -0.39 is 0 Å². The number of hydrogen-bond donors (Lipinski definition) is 2. The number of carbonyl (C=O) groups is 1. The number of nitrogens with one attached hydrogen (secondary N) is 2. The Bertz CT molecular complexity index is 300. The Balaban J connectivity index is 2.22. The second-order valence-electron chi connectivity index (χ2n) is 4.37. The smallest absolute Gasteiger partial charge is 0.252 e. The van der Waals surface area contributed by atoms with E-state index in [1.165, 1.54) is 0 Å². The van der Waals surface area contributed by atoms with Crippen LogP contribution in [0.3, 0.4) is 0 Å². The largest absolute Gasteiger partial charge is 0.341 e. The normalized spacial score (nSPS) is 37.3. The minimum atomic E-state index is -0.344. The molecule has 1 aliphatic carbocycles. The third-order valence-electron chi connectivity index (χ3n) is 3.61. The molecule has 4 heteroatoms. The van der Waals surface area contributed by atoms with Gasteiger partial charge in [-0.25, -0.2) is 0 Å². The van der Waals surface area contributed by atoms with Gasteiger partial charge in [-0.2, -0.15) is 0 Å². The molecule has 1 heterocycles. The van der Waals surface area contributed by atoms with Gasteiger partial charge in [-0.05, 0) is 25.7 Å². The number of nitrogens with zero attached hydrogens (tertiary/aromatic N) is 1. The molecule has 2 aliphatic rings. The highest BCUT2D eigenvalue weighted by atomic mass is 16.2. The molecule has 2 rings (SSSR count). The summed E-state index contributed by atoms with van der Waals surface area (Å²) in [5, 5.41) is 6.16. The van der Waals surface area contributed by atoms with Crippen LogP contribution in [0.1, 0.15) is 39.5 Å². The van der Waals surface area contributed by atoms with Crippen LogP contribution in [0.25, 0.3) is 0 Å². The van der Waals surface area contributed by atoms with Gasteiger partial charge in [-0.1, -0.05) is 19.8 Å². The molecule has 0 radical (unpaired) electrons. The summed E-state index contributed by atoms with van der Waals surface area (Å²) in [6.45, 7) is 4.83. The van der Waals surface area contributed by atoms with E-state index in [0.29, 0.717) is 18.4 Å². The molecule has 2 fully saturated rings. The Hall–Kier alpha value is -1.06. The van der Waals surface area contributed by atoms with Gasteiger partial charge < -0.3 is 5.32 Å². The van der Waals surface area contributed by atoms with Gasteiger partial charge in [-0.15, -0.1) is 0 Å². The lowest BCUT2D eigenvalue weighted by atomic mass is 9.85. The Morgan fingerprint density at radius 3 is 3.00 bits per heavy atom. The van der Waals surface area contributed by atoms with Crippen molar-refractivity contribution < 1.29 is 4.79 Å². The molecule has 0 bridgehead atoms. The van der Waals surface area contributed by atoms with E-state index in [1.807, 2.05) is 6.92 Å². The first-order chi connectivity index (χ1) is 7.23. The lowest BCUT2D eigenvalue weighted by molar-refractivity contribution is -0.125. The molecule has 2 atom stereocenters. The van der Waals surface area contributed by atoms with Crippen molar-refractivity contribution in [2.45, 2.75) is 45.1 Å². The maximum atomic E-state index is 12.0. The molecule has 2 unspecified atom stereocenters. The third kappa shape index (κ3) is 1.52. The van der Waals surface area contributed by atoms with Gasteiger partial charge >= 0.3 is 0 Å². The summed E-state index contributed by atoms with van der Waals surface area (Å²) < 4.78 is 0. The van der Waals surface area contributed by atoms with Gasteiger partial charge in [0.2, 0.25) is 0 Å². The Morgan fingerprint density at radius 2 is 2.33 bits per heavy atom. The zero-order valence-corrected chi connectivity index (χ0v) is 9.47. The van der Waals surface area contributed by atoms with Crippen LogP contribution in [0.2, 0.25) is 0 Å². The number of aliphatic imine (C=N–C) groups is 1. The molecule has 1 spiro atoms. The van der Waals surface area contributed by atoms with Crippen molar-refractivity contribution in [2.75, 3.05) is 6.54 Å². The second kappa shape index (κ2) is 3.83.